The van der Waals surface area contributed by atoms with Crippen molar-refractivity contribution >= 4 is 38.6 Å². The van der Waals surface area contributed by atoms with E-state index < -0.39 is 0 Å². The van der Waals surface area contributed by atoms with Crippen LogP contribution < -0.4 is 5.73 Å². The van der Waals surface area contributed by atoms with Crippen molar-refractivity contribution in [2.24, 2.45) is 5.73 Å². The van der Waals surface area contributed by atoms with Gasteiger partial charge in [-0.1, -0.05) is 6.92 Å². The molecule has 3 atom stereocenters. The summed E-state index contributed by atoms with van der Waals surface area (Å²) in [6.07, 6.45) is 2.15. The molecule has 21 heavy (non-hydrogen) atoms. The van der Waals surface area contributed by atoms with Crippen LogP contribution in [0.25, 0.3) is 0 Å². The Labute approximate surface area is 143 Å². The highest BCUT2D eigenvalue weighted by molar-refractivity contribution is 9.11. The van der Waals surface area contributed by atoms with Gasteiger partial charge in [-0.25, -0.2) is 0 Å². The van der Waals surface area contributed by atoms with Crippen molar-refractivity contribution in [1.29, 1.82) is 0 Å². The molecule has 0 radical (unpaired) electrons. The second kappa shape index (κ2) is 6.50. The lowest BCUT2D eigenvalue weighted by molar-refractivity contribution is 0.116. The zero-order valence-corrected chi connectivity index (χ0v) is 15.6. The summed E-state index contributed by atoms with van der Waals surface area (Å²) in [5.41, 5.74) is 7.99. The Balaban J connectivity index is 1.94. The summed E-state index contributed by atoms with van der Waals surface area (Å²) in [6.45, 7) is 5.61. The van der Waals surface area contributed by atoms with Crippen LogP contribution in [-0.2, 0) is 6.42 Å². The molecule has 2 aromatic rings. The van der Waals surface area contributed by atoms with E-state index in [0.717, 1.165) is 19.4 Å². The minimum atomic E-state index is 0.179. The summed E-state index contributed by atoms with van der Waals surface area (Å²) >= 11 is 7.30. The smallest absolute Gasteiger partial charge is 0.0702 e. The van der Waals surface area contributed by atoms with Gasteiger partial charge in [-0.15, -0.1) is 22.7 Å². The highest BCUT2D eigenvalue weighted by Gasteiger charge is 2.34. The standard InChI is InChI=1S/C16H21BrN2S2/c1-3-12(18)16(14-4-5-15(17)21-14)19-8-6-13-11(10(19)2)7-9-20-13/h4-5,7,9-10,12,16H,3,6,8,18H2,1-2H3. The van der Waals surface area contributed by atoms with Crippen molar-refractivity contribution in [1.82, 2.24) is 4.90 Å². The van der Waals surface area contributed by atoms with Gasteiger partial charge in [0.15, 0.2) is 0 Å². The van der Waals surface area contributed by atoms with Crippen LogP contribution in [0.2, 0.25) is 0 Å². The van der Waals surface area contributed by atoms with E-state index in [9.17, 15) is 0 Å². The molecule has 0 saturated heterocycles. The van der Waals surface area contributed by atoms with Gasteiger partial charge in [0.05, 0.1) is 9.83 Å². The molecule has 3 heterocycles. The van der Waals surface area contributed by atoms with Gasteiger partial charge >= 0.3 is 0 Å². The predicted molar refractivity (Wildman–Crippen MR) is 96.2 cm³/mol. The molecule has 0 aliphatic carbocycles. The minimum Gasteiger partial charge on any atom is -0.326 e. The molecular formula is C16H21BrN2S2. The lowest BCUT2D eigenvalue weighted by Gasteiger charge is -2.41. The monoisotopic (exact) mass is 384 g/mol. The zero-order chi connectivity index (χ0) is 15.0. The molecule has 2 aromatic heterocycles. The van der Waals surface area contributed by atoms with Crippen LogP contribution >= 0.6 is 38.6 Å². The lowest BCUT2D eigenvalue weighted by Crippen LogP contribution is -2.44. The van der Waals surface area contributed by atoms with Crippen LogP contribution in [-0.4, -0.2) is 17.5 Å². The number of nitrogens with two attached hydrogens (primary N) is 1. The zero-order valence-electron chi connectivity index (χ0n) is 12.4. The first-order valence-corrected chi connectivity index (χ1v) is 9.93. The number of hydrogen-bond acceptors (Lipinski definition) is 4. The second-order valence-corrected chi connectivity index (χ2v) is 9.12. The fourth-order valence-corrected chi connectivity index (χ4v) is 5.82. The maximum absolute atomic E-state index is 6.50. The van der Waals surface area contributed by atoms with Gasteiger partial charge in [0.2, 0.25) is 0 Å². The maximum Gasteiger partial charge on any atom is 0.0702 e. The van der Waals surface area contributed by atoms with Gasteiger partial charge in [-0.3, -0.25) is 4.90 Å². The molecule has 5 heteroatoms. The van der Waals surface area contributed by atoms with Crippen molar-refractivity contribution < 1.29 is 0 Å². The molecule has 0 spiro atoms. The molecule has 3 rings (SSSR count). The van der Waals surface area contributed by atoms with Crippen molar-refractivity contribution in [3.63, 3.8) is 0 Å². The fraction of sp³-hybridized carbons (Fsp3) is 0.500. The third kappa shape index (κ3) is 2.99. The molecule has 3 unspecified atom stereocenters. The normalized spacial score (nSPS) is 22.0. The van der Waals surface area contributed by atoms with Crippen molar-refractivity contribution in [3.8, 4) is 0 Å². The van der Waals surface area contributed by atoms with Gasteiger partial charge < -0.3 is 5.73 Å². The second-order valence-electron chi connectivity index (χ2n) is 5.62. The summed E-state index contributed by atoms with van der Waals surface area (Å²) in [6, 6.07) is 7.59. The van der Waals surface area contributed by atoms with Crippen LogP contribution in [0.15, 0.2) is 27.4 Å². The SMILES string of the molecule is CCC(N)C(c1ccc(Br)s1)N1CCc2sccc2C1C. The number of fused-ring (bicyclic) bond motifs is 1. The van der Waals surface area contributed by atoms with Crippen LogP contribution in [0.1, 0.15) is 47.7 Å². The van der Waals surface area contributed by atoms with Gasteiger partial charge in [0.1, 0.15) is 0 Å². The van der Waals surface area contributed by atoms with E-state index in [1.165, 1.54) is 14.2 Å². The third-order valence-corrected chi connectivity index (χ3v) is 7.14. The molecule has 2 N–H and O–H groups in total. The van der Waals surface area contributed by atoms with Gasteiger partial charge in [0, 0.05) is 28.4 Å². The van der Waals surface area contributed by atoms with Crippen molar-refractivity contribution in [2.45, 2.75) is 44.8 Å². The Bertz CT molecular complexity index is 607. The largest absolute Gasteiger partial charge is 0.326 e. The van der Waals surface area contributed by atoms with Crippen LogP contribution in [0, 0.1) is 0 Å². The quantitative estimate of drug-likeness (QED) is 0.805. The number of halogens is 1. The van der Waals surface area contributed by atoms with Crippen molar-refractivity contribution in [3.05, 3.63) is 42.7 Å². The molecule has 2 nitrogen and oxygen atoms in total. The molecule has 0 aromatic carbocycles. The van der Waals surface area contributed by atoms with E-state index >= 15 is 0 Å². The van der Waals surface area contributed by atoms with E-state index in [2.05, 4.69) is 58.3 Å². The molecular weight excluding hydrogens is 364 g/mol. The highest BCUT2D eigenvalue weighted by atomic mass is 79.9. The molecule has 114 valence electrons. The highest BCUT2D eigenvalue weighted by Crippen LogP contribution is 2.41. The van der Waals surface area contributed by atoms with Crippen LogP contribution in [0.3, 0.4) is 0 Å². The Morgan fingerprint density at radius 1 is 1.43 bits per heavy atom. The van der Waals surface area contributed by atoms with Crippen LogP contribution in [0.4, 0.5) is 0 Å². The van der Waals surface area contributed by atoms with E-state index in [1.54, 1.807) is 4.88 Å². The van der Waals surface area contributed by atoms with Gasteiger partial charge in [-0.2, -0.15) is 0 Å². The van der Waals surface area contributed by atoms with E-state index in [1.807, 2.05) is 22.7 Å². The van der Waals surface area contributed by atoms with Gasteiger partial charge in [0.25, 0.3) is 0 Å². The first kappa shape index (κ1) is 15.7. The summed E-state index contributed by atoms with van der Waals surface area (Å²) in [5.74, 6) is 0. The molecule has 0 saturated carbocycles. The molecule has 1 aliphatic rings. The number of rotatable bonds is 4. The minimum absolute atomic E-state index is 0.179. The van der Waals surface area contributed by atoms with E-state index in [4.69, 9.17) is 5.73 Å². The molecule has 0 bridgehead atoms. The van der Waals surface area contributed by atoms with E-state index in [-0.39, 0.29) is 6.04 Å². The maximum atomic E-state index is 6.50. The van der Waals surface area contributed by atoms with Crippen molar-refractivity contribution in [2.75, 3.05) is 6.54 Å². The Kier molecular flexibility index (Phi) is 4.86. The van der Waals surface area contributed by atoms with E-state index in [0.29, 0.717) is 12.1 Å². The summed E-state index contributed by atoms with van der Waals surface area (Å²) < 4.78 is 1.19. The molecule has 1 aliphatic heterocycles. The number of thiophene rings is 2. The topological polar surface area (TPSA) is 29.3 Å². The Morgan fingerprint density at radius 2 is 2.24 bits per heavy atom. The predicted octanol–water partition coefficient (Wildman–Crippen LogP) is 4.97. The van der Waals surface area contributed by atoms with Crippen LogP contribution in [0.5, 0.6) is 0 Å². The summed E-state index contributed by atoms with van der Waals surface area (Å²) in [5, 5.41) is 2.22. The molecule has 0 amide bonds. The number of nitrogens with zero attached hydrogens (tertiary/aromatic N) is 1. The Hall–Kier alpha value is -0.200. The van der Waals surface area contributed by atoms with Gasteiger partial charge in [-0.05, 0) is 64.8 Å². The summed E-state index contributed by atoms with van der Waals surface area (Å²) in [4.78, 5) is 5.53. The first-order valence-electron chi connectivity index (χ1n) is 7.44. The average Bonchev–Trinajstić information content (AvgIpc) is 3.10. The lowest BCUT2D eigenvalue weighted by atomic mass is 9.95. The number of hydrogen-bond donors (Lipinski definition) is 1. The molecule has 0 fully saturated rings. The average molecular weight is 385 g/mol. The Morgan fingerprint density at radius 3 is 2.90 bits per heavy atom. The third-order valence-electron chi connectivity index (χ3n) is 4.44. The summed E-state index contributed by atoms with van der Waals surface area (Å²) in [7, 11) is 0. The first-order chi connectivity index (χ1) is 10.1. The fourth-order valence-electron chi connectivity index (χ4n) is 3.24.